The molecule has 0 spiro atoms. The van der Waals surface area contributed by atoms with E-state index in [1.807, 2.05) is 0 Å². The Labute approximate surface area is 217 Å². The van der Waals surface area contributed by atoms with E-state index in [0.29, 0.717) is 5.92 Å². The van der Waals surface area contributed by atoms with Gasteiger partial charge >= 0.3 is 218 Å². The van der Waals surface area contributed by atoms with Crippen molar-refractivity contribution in [3.8, 4) is 0 Å². The molecule has 0 N–H and O–H groups in total. The van der Waals surface area contributed by atoms with Gasteiger partial charge in [0, 0.05) is 0 Å². The molecule has 4 aromatic rings. The Morgan fingerprint density at radius 3 is 1.25 bits per heavy atom. The molecule has 5 rings (SSSR count). The summed E-state index contributed by atoms with van der Waals surface area (Å²) in [5.74, 6) is 0.463. The molecule has 3 atom stereocenters. The van der Waals surface area contributed by atoms with Gasteiger partial charge in [0.25, 0.3) is 0 Å². The van der Waals surface area contributed by atoms with Gasteiger partial charge < -0.3 is 0 Å². The fourth-order valence-electron chi connectivity index (χ4n) is 5.21. The molecule has 0 bridgehead atoms. The van der Waals surface area contributed by atoms with Crippen molar-refractivity contribution in [1.82, 2.24) is 0 Å². The van der Waals surface area contributed by atoms with Crippen molar-refractivity contribution >= 4 is 37.5 Å². The molecule has 4 aromatic carbocycles. The summed E-state index contributed by atoms with van der Waals surface area (Å²) in [7, 11) is -3.77. The maximum absolute atomic E-state index is 7.17. The van der Waals surface area contributed by atoms with Crippen molar-refractivity contribution in [2.45, 2.75) is 31.5 Å². The van der Waals surface area contributed by atoms with Crippen LogP contribution in [0.15, 0.2) is 134 Å². The van der Waals surface area contributed by atoms with E-state index in [2.05, 4.69) is 134 Å². The quantitative estimate of drug-likeness (QED) is 0.209. The van der Waals surface area contributed by atoms with Crippen molar-refractivity contribution < 1.29 is 9.05 Å². The van der Waals surface area contributed by atoms with Crippen molar-refractivity contribution in [3.63, 3.8) is 0 Å². The summed E-state index contributed by atoms with van der Waals surface area (Å²) in [5.41, 5.74) is 0. The molecular weight excluding hydrogens is 478 g/mol. The SMILES string of the molecule is C=CC1CCC(O[PH2](c2ccccc2)c2ccccc2)C(O[PH2](c2ccccc2)c2ccccc2)C1. The second kappa shape index (κ2) is 12.6. The summed E-state index contributed by atoms with van der Waals surface area (Å²) in [4.78, 5) is 0. The van der Waals surface area contributed by atoms with E-state index >= 15 is 0 Å². The third-order valence-corrected chi connectivity index (χ3v) is 12.3. The molecule has 2 nitrogen and oxygen atoms in total. The van der Waals surface area contributed by atoms with Crippen molar-refractivity contribution in [1.29, 1.82) is 0 Å². The van der Waals surface area contributed by atoms with Crippen LogP contribution in [0.3, 0.4) is 0 Å². The normalized spacial score (nSPS) is 20.4. The zero-order chi connectivity index (χ0) is 24.6. The van der Waals surface area contributed by atoms with Crippen LogP contribution < -0.4 is 21.2 Å². The Morgan fingerprint density at radius 1 is 0.528 bits per heavy atom. The first-order valence-electron chi connectivity index (χ1n) is 12.9. The number of hydrogen-bond donors (Lipinski definition) is 0. The van der Waals surface area contributed by atoms with Crippen LogP contribution in [-0.2, 0) is 9.05 Å². The zero-order valence-corrected chi connectivity index (χ0v) is 23.0. The van der Waals surface area contributed by atoms with Crippen LogP contribution in [0.2, 0.25) is 0 Å². The Morgan fingerprint density at radius 2 is 0.889 bits per heavy atom. The van der Waals surface area contributed by atoms with Gasteiger partial charge in [0.1, 0.15) is 0 Å². The van der Waals surface area contributed by atoms with Crippen LogP contribution in [0.5, 0.6) is 0 Å². The van der Waals surface area contributed by atoms with E-state index in [4.69, 9.17) is 9.05 Å². The zero-order valence-electron chi connectivity index (χ0n) is 20.7. The van der Waals surface area contributed by atoms with E-state index in [1.165, 1.54) is 21.2 Å². The number of allylic oxidation sites excluding steroid dienone is 1. The van der Waals surface area contributed by atoms with Crippen molar-refractivity contribution in [2.24, 2.45) is 5.92 Å². The standard InChI is InChI=1S/C32H36O2P2/c1-2-26-23-24-31(33-35(27-15-7-3-8-16-27)28-17-9-4-10-18-28)32(25-26)34-36(29-19-11-5-12-20-29)30-21-13-6-14-22-30/h2-22,26,31-32H,1,23-25,35-36H2. The fourth-order valence-corrected chi connectivity index (χ4v) is 10.2. The molecule has 1 saturated carbocycles. The molecule has 1 fully saturated rings. The van der Waals surface area contributed by atoms with E-state index in [9.17, 15) is 0 Å². The fraction of sp³-hybridized carbons (Fsp3) is 0.188. The molecule has 0 aliphatic heterocycles. The van der Waals surface area contributed by atoms with Gasteiger partial charge in [0.2, 0.25) is 0 Å². The van der Waals surface area contributed by atoms with E-state index < -0.39 is 16.3 Å². The predicted octanol–water partition coefficient (Wildman–Crippen LogP) is 5.77. The van der Waals surface area contributed by atoms with Crippen LogP contribution in [0.25, 0.3) is 0 Å². The first-order valence-corrected chi connectivity index (χ1v) is 16.2. The van der Waals surface area contributed by atoms with Gasteiger partial charge in [0.15, 0.2) is 0 Å². The number of benzene rings is 4. The third-order valence-electron chi connectivity index (χ3n) is 7.14. The summed E-state index contributed by atoms with van der Waals surface area (Å²) in [6.45, 7) is 4.12. The van der Waals surface area contributed by atoms with Gasteiger partial charge in [-0.1, -0.05) is 0 Å². The number of rotatable bonds is 9. The van der Waals surface area contributed by atoms with Gasteiger partial charge in [-0.3, -0.25) is 0 Å². The molecule has 1 aliphatic rings. The maximum atomic E-state index is 7.17. The van der Waals surface area contributed by atoms with Gasteiger partial charge in [-0.2, -0.15) is 0 Å². The second-order valence-electron chi connectivity index (χ2n) is 9.56. The van der Waals surface area contributed by atoms with E-state index in [0.717, 1.165) is 19.3 Å². The average molecular weight is 515 g/mol. The second-order valence-corrected chi connectivity index (χ2v) is 14.3. The predicted molar refractivity (Wildman–Crippen MR) is 161 cm³/mol. The number of hydrogen-bond acceptors (Lipinski definition) is 2. The summed E-state index contributed by atoms with van der Waals surface area (Å²) >= 11 is 0. The molecule has 1 aliphatic carbocycles. The summed E-state index contributed by atoms with van der Waals surface area (Å²) in [6, 6.07) is 43.1. The molecule has 36 heavy (non-hydrogen) atoms. The van der Waals surface area contributed by atoms with Crippen molar-refractivity contribution in [2.75, 3.05) is 0 Å². The van der Waals surface area contributed by atoms with Gasteiger partial charge in [-0.15, -0.1) is 0 Å². The Hall–Kier alpha value is -2.60. The first-order chi connectivity index (χ1) is 17.8. The van der Waals surface area contributed by atoms with Gasteiger partial charge in [-0.25, -0.2) is 0 Å². The Kier molecular flexibility index (Phi) is 8.76. The Balaban J connectivity index is 1.46. The van der Waals surface area contributed by atoms with Crippen LogP contribution in [0.1, 0.15) is 19.3 Å². The van der Waals surface area contributed by atoms with Crippen molar-refractivity contribution in [3.05, 3.63) is 134 Å². The van der Waals surface area contributed by atoms with E-state index in [-0.39, 0.29) is 12.2 Å². The van der Waals surface area contributed by atoms with Crippen LogP contribution >= 0.6 is 16.3 Å². The average Bonchev–Trinajstić information content (AvgIpc) is 2.97. The summed E-state index contributed by atoms with van der Waals surface area (Å²) in [5, 5.41) is 5.24. The molecule has 0 saturated heterocycles. The molecule has 186 valence electrons. The molecule has 0 radical (unpaired) electrons. The summed E-state index contributed by atoms with van der Waals surface area (Å²) in [6.07, 6.45) is 5.28. The van der Waals surface area contributed by atoms with Gasteiger partial charge in [0.05, 0.1) is 0 Å². The molecule has 0 heterocycles. The van der Waals surface area contributed by atoms with Crippen LogP contribution in [0, 0.1) is 5.92 Å². The Bertz CT molecular complexity index is 1120. The molecule has 0 aromatic heterocycles. The molecule has 4 heteroatoms. The van der Waals surface area contributed by atoms with Crippen LogP contribution in [-0.4, -0.2) is 12.2 Å². The first kappa shape index (κ1) is 25.1. The van der Waals surface area contributed by atoms with Gasteiger partial charge in [-0.05, 0) is 0 Å². The van der Waals surface area contributed by atoms with Crippen LogP contribution in [0.4, 0.5) is 0 Å². The molecule has 3 unspecified atom stereocenters. The monoisotopic (exact) mass is 514 g/mol. The molecular formula is C32H36O2P2. The van der Waals surface area contributed by atoms with E-state index in [1.54, 1.807) is 0 Å². The minimum absolute atomic E-state index is 0.0428. The third kappa shape index (κ3) is 6.20. The summed E-state index contributed by atoms with van der Waals surface area (Å²) < 4.78 is 14.3. The topological polar surface area (TPSA) is 18.5 Å². The minimum atomic E-state index is -1.89. The molecule has 0 amide bonds.